The second-order valence-corrected chi connectivity index (χ2v) is 4.22. The van der Waals surface area contributed by atoms with Gasteiger partial charge >= 0.3 is 0 Å². The Hall–Kier alpha value is -0.860. The van der Waals surface area contributed by atoms with Crippen LogP contribution in [0.4, 0.5) is 0 Å². The van der Waals surface area contributed by atoms with E-state index in [1.807, 2.05) is 12.1 Å². The van der Waals surface area contributed by atoms with Crippen molar-refractivity contribution in [1.29, 1.82) is 0 Å². The van der Waals surface area contributed by atoms with Gasteiger partial charge < -0.3 is 10.4 Å². The van der Waals surface area contributed by atoms with Crippen LogP contribution in [0.5, 0.6) is 0 Å². The Morgan fingerprint density at radius 2 is 1.94 bits per heavy atom. The van der Waals surface area contributed by atoms with Gasteiger partial charge in [0.1, 0.15) is 0 Å². The second kappa shape index (κ2) is 8.31. The van der Waals surface area contributed by atoms with E-state index in [0.717, 1.165) is 18.7 Å². The molecule has 90 valence electrons. The van der Waals surface area contributed by atoms with Crippen LogP contribution in [0.15, 0.2) is 24.3 Å². The Morgan fingerprint density at radius 3 is 2.69 bits per heavy atom. The average Bonchev–Trinajstić information content (AvgIpc) is 2.34. The third-order valence-corrected chi connectivity index (χ3v) is 2.71. The fraction of sp³-hybridized carbons (Fsp3) is 0.571. The lowest BCUT2D eigenvalue weighted by molar-refractivity contribution is 0.281. The molecule has 2 nitrogen and oxygen atoms in total. The van der Waals surface area contributed by atoms with Gasteiger partial charge in [-0.15, -0.1) is 0 Å². The topological polar surface area (TPSA) is 32.3 Å². The largest absolute Gasteiger partial charge is 0.392 e. The van der Waals surface area contributed by atoms with Crippen LogP contribution in [-0.2, 0) is 13.2 Å². The minimum absolute atomic E-state index is 0.129. The summed E-state index contributed by atoms with van der Waals surface area (Å²) in [6.45, 7) is 4.35. The maximum absolute atomic E-state index is 9.01. The predicted molar refractivity (Wildman–Crippen MR) is 68.2 cm³/mol. The van der Waals surface area contributed by atoms with Crippen molar-refractivity contribution >= 4 is 0 Å². The third kappa shape index (κ3) is 5.29. The van der Waals surface area contributed by atoms with E-state index >= 15 is 0 Å². The fourth-order valence-corrected chi connectivity index (χ4v) is 1.75. The monoisotopic (exact) mass is 221 g/mol. The number of aliphatic hydroxyl groups excluding tert-OH is 1. The quantitative estimate of drug-likeness (QED) is 0.662. The van der Waals surface area contributed by atoms with Crippen LogP contribution in [0.3, 0.4) is 0 Å². The number of hydrogen-bond donors (Lipinski definition) is 2. The molecule has 1 rings (SSSR count). The molecule has 0 spiro atoms. The molecule has 0 fully saturated rings. The Bertz CT molecular complexity index is 286. The number of hydrogen-bond acceptors (Lipinski definition) is 2. The van der Waals surface area contributed by atoms with Crippen LogP contribution in [0.2, 0.25) is 0 Å². The van der Waals surface area contributed by atoms with Gasteiger partial charge in [0, 0.05) is 6.54 Å². The molecule has 0 aromatic heterocycles. The summed E-state index contributed by atoms with van der Waals surface area (Å²) in [6.07, 6.45) is 5.20. The lowest BCUT2D eigenvalue weighted by Gasteiger charge is -2.06. The van der Waals surface area contributed by atoms with Gasteiger partial charge in [0.2, 0.25) is 0 Å². The molecule has 0 amide bonds. The summed E-state index contributed by atoms with van der Waals surface area (Å²) in [4.78, 5) is 0. The maximum Gasteiger partial charge on any atom is 0.0681 e. The molecule has 16 heavy (non-hydrogen) atoms. The number of unbranched alkanes of at least 4 members (excludes halogenated alkanes) is 3. The summed E-state index contributed by atoms with van der Waals surface area (Å²) >= 11 is 0. The highest BCUT2D eigenvalue weighted by Crippen LogP contribution is 2.05. The zero-order chi connectivity index (χ0) is 11.6. The van der Waals surface area contributed by atoms with Crippen molar-refractivity contribution in [1.82, 2.24) is 5.32 Å². The number of rotatable bonds is 8. The van der Waals surface area contributed by atoms with E-state index in [2.05, 4.69) is 24.4 Å². The Morgan fingerprint density at radius 1 is 1.12 bits per heavy atom. The van der Waals surface area contributed by atoms with Crippen LogP contribution >= 0.6 is 0 Å². The summed E-state index contributed by atoms with van der Waals surface area (Å²) in [6, 6.07) is 8.10. The van der Waals surface area contributed by atoms with Crippen molar-refractivity contribution in [3.63, 3.8) is 0 Å². The van der Waals surface area contributed by atoms with Crippen LogP contribution in [0, 0.1) is 0 Å². The van der Waals surface area contributed by atoms with Crippen molar-refractivity contribution in [2.45, 2.75) is 45.8 Å². The van der Waals surface area contributed by atoms with Gasteiger partial charge in [-0.05, 0) is 24.1 Å². The van der Waals surface area contributed by atoms with Gasteiger partial charge in [-0.25, -0.2) is 0 Å². The Balaban J connectivity index is 2.16. The molecule has 0 radical (unpaired) electrons. The van der Waals surface area contributed by atoms with Crippen molar-refractivity contribution in [2.24, 2.45) is 0 Å². The lowest BCUT2D eigenvalue weighted by atomic mass is 10.1. The second-order valence-electron chi connectivity index (χ2n) is 4.22. The summed E-state index contributed by atoms with van der Waals surface area (Å²) in [7, 11) is 0. The average molecular weight is 221 g/mol. The van der Waals surface area contributed by atoms with E-state index < -0.39 is 0 Å². The number of nitrogens with one attached hydrogen (secondary N) is 1. The molecule has 1 aromatic carbocycles. The van der Waals surface area contributed by atoms with Gasteiger partial charge in [0.05, 0.1) is 6.61 Å². The molecule has 1 aromatic rings. The van der Waals surface area contributed by atoms with E-state index in [4.69, 9.17) is 5.11 Å². The fourth-order valence-electron chi connectivity index (χ4n) is 1.75. The first-order chi connectivity index (χ1) is 7.86. The van der Waals surface area contributed by atoms with Crippen LogP contribution in [-0.4, -0.2) is 11.7 Å². The normalized spacial score (nSPS) is 10.6. The van der Waals surface area contributed by atoms with Crippen molar-refractivity contribution in [2.75, 3.05) is 6.54 Å². The molecule has 2 N–H and O–H groups in total. The van der Waals surface area contributed by atoms with Gasteiger partial charge in [-0.1, -0.05) is 50.5 Å². The van der Waals surface area contributed by atoms with E-state index in [0.29, 0.717) is 0 Å². The standard InChI is InChI=1S/C14H23NO/c1-2-3-4-5-9-15-11-13-7-6-8-14(10-13)12-16/h6-8,10,15-16H,2-5,9,11-12H2,1H3. The maximum atomic E-state index is 9.01. The summed E-state index contributed by atoms with van der Waals surface area (Å²) < 4.78 is 0. The molecule has 0 aliphatic heterocycles. The highest BCUT2D eigenvalue weighted by atomic mass is 16.3. The summed E-state index contributed by atoms with van der Waals surface area (Å²) in [5.41, 5.74) is 2.24. The minimum atomic E-state index is 0.129. The first kappa shape index (κ1) is 13.2. The van der Waals surface area contributed by atoms with Gasteiger partial charge in [-0.3, -0.25) is 0 Å². The highest BCUT2D eigenvalue weighted by molar-refractivity contribution is 5.22. The molecule has 0 aliphatic carbocycles. The van der Waals surface area contributed by atoms with E-state index in [9.17, 15) is 0 Å². The molecule has 0 atom stereocenters. The minimum Gasteiger partial charge on any atom is -0.392 e. The van der Waals surface area contributed by atoms with Crippen molar-refractivity contribution in [3.8, 4) is 0 Å². The first-order valence-corrected chi connectivity index (χ1v) is 6.26. The van der Waals surface area contributed by atoms with Gasteiger partial charge in [0.15, 0.2) is 0 Å². The van der Waals surface area contributed by atoms with Crippen LogP contribution < -0.4 is 5.32 Å². The molecule has 0 aliphatic rings. The molecule has 0 saturated carbocycles. The highest BCUT2D eigenvalue weighted by Gasteiger charge is 1.94. The van der Waals surface area contributed by atoms with E-state index in [1.165, 1.54) is 31.2 Å². The lowest BCUT2D eigenvalue weighted by Crippen LogP contribution is -2.14. The third-order valence-electron chi connectivity index (χ3n) is 2.71. The molecule has 0 saturated heterocycles. The predicted octanol–water partition coefficient (Wildman–Crippen LogP) is 2.85. The molecule has 2 heteroatoms. The van der Waals surface area contributed by atoms with Crippen LogP contribution in [0.1, 0.15) is 43.7 Å². The first-order valence-electron chi connectivity index (χ1n) is 6.26. The zero-order valence-corrected chi connectivity index (χ0v) is 10.2. The Labute approximate surface area is 98.7 Å². The number of aliphatic hydroxyl groups is 1. The van der Waals surface area contributed by atoms with Crippen LogP contribution in [0.25, 0.3) is 0 Å². The molecular formula is C14H23NO. The Kier molecular flexibility index (Phi) is 6.86. The zero-order valence-electron chi connectivity index (χ0n) is 10.2. The molecule has 0 heterocycles. The van der Waals surface area contributed by atoms with Gasteiger partial charge in [0.25, 0.3) is 0 Å². The van der Waals surface area contributed by atoms with Gasteiger partial charge in [-0.2, -0.15) is 0 Å². The van der Waals surface area contributed by atoms with Crippen molar-refractivity contribution < 1.29 is 5.11 Å². The summed E-state index contributed by atoms with van der Waals surface area (Å²) in [5.74, 6) is 0. The summed E-state index contributed by atoms with van der Waals surface area (Å²) in [5, 5.41) is 12.4. The number of benzene rings is 1. The molecular weight excluding hydrogens is 198 g/mol. The van der Waals surface area contributed by atoms with Crippen molar-refractivity contribution in [3.05, 3.63) is 35.4 Å². The van der Waals surface area contributed by atoms with E-state index in [-0.39, 0.29) is 6.61 Å². The SMILES string of the molecule is CCCCCCNCc1cccc(CO)c1. The van der Waals surface area contributed by atoms with E-state index in [1.54, 1.807) is 0 Å². The molecule has 0 bridgehead atoms. The molecule has 0 unspecified atom stereocenters. The smallest absolute Gasteiger partial charge is 0.0681 e.